The fourth-order valence-corrected chi connectivity index (χ4v) is 2.52. The summed E-state index contributed by atoms with van der Waals surface area (Å²) in [5, 5.41) is 13.2. The van der Waals surface area contributed by atoms with Crippen molar-refractivity contribution in [2.24, 2.45) is 5.92 Å². The topological polar surface area (TPSA) is 58.6 Å². The van der Waals surface area contributed by atoms with Gasteiger partial charge in [-0.2, -0.15) is 0 Å². The van der Waals surface area contributed by atoms with Crippen LogP contribution in [0.5, 0.6) is 0 Å². The molecule has 0 amide bonds. The van der Waals surface area contributed by atoms with E-state index in [0.717, 1.165) is 13.0 Å². The molecule has 5 heteroatoms. The second-order valence-electron chi connectivity index (χ2n) is 4.08. The highest BCUT2D eigenvalue weighted by Crippen LogP contribution is 2.24. The third-order valence-electron chi connectivity index (χ3n) is 2.87. The number of aliphatic hydroxyl groups excluding tert-OH is 1. The molecular formula is C11H18INO3. The highest BCUT2D eigenvalue weighted by Gasteiger charge is 2.36. The molecule has 1 aliphatic heterocycles. The lowest BCUT2D eigenvalue weighted by Crippen LogP contribution is -2.53. The van der Waals surface area contributed by atoms with Crippen LogP contribution in [0.25, 0.3) is 0 Å². The molecule has 1 aliphatic rings. The smallest absolute Gasteiger partial charge is 0.302 e. The molecule has 0 aromatic heterocycles. The molecule has 4 atom stereocenters. The predicted octanol–water partition coefficient (Wildman–Crippen LogP) is 1.23. The van der Waals surface area contributed by atoms with Crippen LogP contribution < -0.4 is 5.32 Å². The number of nitrogens with one attached hydrogen (secondary N) is 1. The van der Waals surface area contributed by atoms with Crippen molar-refractivity contribution < 1.29 is 14.6 Å². The minimum Gasteiger partial charge on any atom is -0.460 e. The number of rotatable bonds is 3. The number of esters is 1. The molecule has 1 rings (SSSR count). The van der Waals surface area contributed by atoms with Gasteiger partial charge in [-0.3, -0.25) is 4.79 Å². The quantitative estimate of drug-likeness (QED) is 0.600. The Morgan fingerprint density at radius 2 is 2.38 bits per heavy atom. The molecule has 1 fully saturated rings. The zero-order valence-electron chi connectivity index (χ0n) is 9.52. The lowest BCUT2D eigenvalue weighted by molar-refractivity contribution is -0.154. The van der Waals surface area contributed by atoms with Gasteiger partial charge in [-0.05, 0) is 30.0 Å². The first kappa shape index (κ1) is 13.9. The van der Waals surface area contributed by atoms with E-state index < -0.39 is 6.10 Å². The van der Waals surface area contributed by atoms with Gasteiger partial charge in [0.1, 0.15) is 6.10 Å². The predicted molar refractivity (Wildman–Crippen MR) is 70.3 cm³/mol. The van der Waals surface area contributed by atoms with E-state index >= 15 is 0 Å². The van der Waals surface area contributed by atoms with Crippen molar-refractivity contribution >= 4 is 28.6 Å². The number of piperidine rings is 1. The van der Waals surface area contributed by atoms with Crippen molar-refractivity contribution in [3.63, 3.8) is 0 Å². The van der Waals surface area contributed by atoms with Gasteiger partial charge < -0.3 is 15.2 Å². The van der Waals surface area contributed by atoms with Crippen molar-refractivity contribution in [2.45, 2.75) is 38.5 Å². The average Bonchev–Trinajstić information content (AvgIpc) is 2.20. The van der Waals surface area contributed by atoms with Crippen LogP contribution in [0.3, 0.4) is 0 Å². The lowest BCUT2D eigenvalue weighted by Gasteiger charge is -2.38. The number of ether oxygens (including phenoxy) is 1. The van der Waals surface area contributed by atoms with E-state index in [1.54, 1.807) is 10.2 Å². The second kappa shape index (κ2) is 6.56. The maximum absolute atomic E-state index is 11.0. The Morgan fingerprint density at radius 3 is 2.94 bits per heavy atom. The number of halogens is 1. The van der Waals surface area contributed by atoms with E-state index in [-0.39, 0.29) is 24.0 Å². The first-order valence-corrected chi connectivity index (χ1v) is 6.66. The molecule has 1 saturated heterocycles. The Morgan fingerprint density at radius 1 is 1.69 bits per heavy atom. The molecule has 92 valence electrons. The Kier molecular flexibility index (Phi) is 5.71. The standard InChI is InChI=1S/C11H18INO3/c1-7-11(16-8(2)14)9(4-6-13-7)10(15)3-5-12/h3,5,7,9-11,13,15H,4,6H2,1-2H3/b5-3+. The SMILES string of the molecule is CC(=O)OC1C(C)NCCC1C(O)/C=C/I. The number of carbonyl (C=O) groups is 1. The van der Waals surface area contributed by atoms with Gasteiger partial charge in [0.05, 0.1) is 6.10 Å². The molecule has 4 unspecified atom stereocenters. The molecule has 0 aromatic carbocycles. The molecule has 0 saturated carbocycles. The summed E-state index contributed by atoms with van der Waals surface area (Å²) in [5.74, 6) is -0.317. The summed E-state index contributed by atoms with van der Waals surface area (Å²) in [6.45, 7) is 4.22. The van der Waals surface area contributed by atoms with Crippen LogP contribution >= 0.6 is 22.6 Å². The van der Waals surface area contributed by atoms with E-state index in [4.69, 9.17) is 4.74 Å². The summed E-state index contributed by atoms with van der Waals surface area (Å²) in [4.78, 5) is 11.0. The first-order valence-electron chi connectivity index (χ1n) is 5.41. The summed E-state index contributed by atoms with van der Waals surface area (Å²) < 4.78 is 7.08. The monoisotopic (exact) mass is 339 g/mol. The van der Waals surface area contributed by atoms with E-state index in [2.05, 4.69) is 27.9 Å². The number of hydrogen-bond acceptors (Lipinski definition) is 4. The molecule has 0 bridgehead atoms. The van der Waals surface area contributed by atoms with Crippen LogP contribution in [-0.4, -0.2) is 35.9 Å². The van der Waals surface area contributed by atoms with Crippen molar-refractivity contribution in [1.29, 1.82) is 0 Å². The molecule has 1 heterocycles. The van der Waals surface area contributed by atoms with Gasteiger partial charge >= 0.3 is 5.97 Å². The van der Waals surface area contributed by atoms with E-state index in [9.17, 15) is 9.90 Å². The molecule has 0 radical (unpaired) electrons. The Bertz CT molecular complexity index is 270. The summed E-state index contributed by atoms with van der Waals surface area (Å²) >= 11 is 2.07. The maximum atomic E-state index is 11.0. The van der Waals surface area contributed by atoms with Crippen LogP contribution in [0.2, 0.25) is 0 Å². The van der Waals surface area contributed by atoms with Crippen molar-refractivity contribution in [3.8, 4) is 0 Å². The molecule has 2 N–H and O–H groups in total. The fourth-order valence-electron chi connectivity index (χ4n) is 2.09. The highest BCUT2D eigenvalue weighted by molar-refractivity contribution is 14.1. The van der Waals surface area contributed by atoms with Gasteiger partial charge in [0.15, 0.2) is 0 Å². The molecule has 16 heavy (non-hydrogen) atoms. The van der Waals surface area contributed by atoms with Crippen molar-refractivity contribution in [2.75, 3.05) is 6.54 Å². The highest BCUT2D eigenvalue weighted by atomic mass is 127. The van der Waals surface area contributed by atoms with Gasteiger partial charge in [-0.25, -0.2) is 0 Å². The van der Waals surface area contributed by atoms with Gasteiger partial charge in [-0.15, -0.1) is 0 Å². The van der Waals surface area contributed by atoms with Crippen LogP contribution in [0, 0.1) is 5.92 Å². The number of hydrogen-bond donors (Lipinski definition) is 2. The zero-order chi connectivity index (χ0) is 12.1. The number of aliphatic hydroxyl groups is 1. The average molecular weight is 339 g/mol. The maximum Gasteiger partial charge on any atom is 0.302 e. The minimum atomic E-state index is -0.550. The second-order valence-corrected chi connectivity index (χ2v) is 4.80. The lowest BCUT2D eigenvalue weighted by atomic mass is 9.85. The third kappa shape index (κ3) is 3.71. The summed E-state index contributed by atoms with van der Waals surface area (Å²) in [6, 6.07) is 0.0833. The van der Waals surface area contributed by atoms with Crippen molar-refractivity contribution in [3.05, 3.63) is 10.2 Å². The summed E-state index contributed by atoms with van der Waals surface area (Å²) in [6.07, 6.45) is 1.74. The van der Waals surface area contributed by atoms with Gasteiger partial charge in [0.2, 0.25) is 0 Å². The zero-order valence-corrected chi connectivity index (χ0v) is 11.7. The van der Waals surface area contributed by atoms with E-state index in [1.165, 1.54) is 6.92 Å². The van der Waals surface area contributed by atoms with Gasteiger partial charge in [-0.1, -0.05) is 22.6 Å². The molecule has 0 spiro atoms. The third-order valence-corrected chi connectivity index (χ3v) is 3.28. The normalized spacial score (nSPS) is 32.6. The molecule has 0 aromatic rings. The Balaban J connectivity index is 2.73. The van der Waals surface area contributed by atoms with Crippen LogP contribution in [0.1, 0.15) is 20.3 Å². The van der Waals surface area contributed by atoms with Crippen molar-refractivity contribution in [1.82, 2.24) is 5.32 Å². The van der Waals surface area contributed by atoms with E-state index in [0.29, 0.717) is 0 Å². The molecular weight excluding hydrogens is 321 g/mol. The summed E-state index contributed by atoms with van der Waals surface area (Å²) in [5.41, 5.74) is 0. The Hall–Kier alpha value is -0.140. The number of carbonyl (C=O) groups excluding carboxylic acids is 1. The fraction of sp³-hybridized carbons (Fsp3) is 0.727. The molecule has 4 nitrogen and oxygen atoms in total. The summed E-state index contributed by atoms with van der Waals surface area (Å²) in [7, 11) is 0. The van der Waals surface area contributed by atoms with Crippen LogP contribution in [0.4, 0.5) is 0 Å². The van der Waals surface area contributed by atoms with Gasteiger partial charge in [0.25, 0.3) is 0 Å². The molecule has 0 aliphatic carbocycles. The minimum absolute atomic E-state index is 0.0221. The van der Waals surface area contributed by atoms with Crippen LogP contribution in [0.15, 0.2) is 10.2 Å². The van der Waals surface area contributed by atoms with E-state index in [1.807, 2.05) is 6.92 Å². The largest absolute Gasteiger partial charge is 0.460 e. The first-order chi connectivity index (χ1) is 7.56. The van der Waals surface area contributed by atoms with Gasteiger partial charge in [0, 0.05) is 18.9 Å². The Labute approximate surface area is 110 Å². The van der Waals surface area contributed by atoms with Crippen LogP contribution in [-0.2, 0) is 9.53 Å².